The Labute approximate surface area is 298 Å². The van der Waals surface area contributed by atoms with Crippen LogP contribution in [0.25, 0.3) is 11.3 Å². The van der Waals surface area contributed by atoms with E-state index >= 15 is 0 Å². The maximum Gasteiger partial charge on any atom is 0.244 e. The molecular formula is C38H42N8O4S. The van der Waals surface area contributed by atoms with Crippen molar-refractivity contribution in [1.82, 2.24) is 29.1 Å². The maximum atomic E-state index is 13.3. The average molecular weight is 707 g/mol. The Bertz CT molecular complexity index is 2030. The third kappa shape index (κ3) is 8.77. The normalized spacial score (nSPS) is 19.9. The number of Topliss-reactive ketones (excluding diaryl/α,β-unsaturated/α-hetero) is 1. The number of piperazine rings is 1. The minimum Gasteiger partial charge on any atom is -0.393 e. The van der Waals surface area contributed by atoms with Crippen molar-refractivity contribution in [3.8, 4) is 23.1 Å². The van der Waals surface area contributed by atoms with Crippen LogP contribution in [0.4, 0.5) is 17.5 Å². The average Bonchev–Trinajstić information content (AvgIpc) is 3.97. The number of nitrogens with zero attached hydrogens (tertiary/aromatic N) is 6. The Morgan fingerprint density at radius 1 is 0.902 bits per heavy atom. The van der Waals surface area contributed by atoms with E-state index < -0.39 is 10.0 Å². The Balaban J connectivity index is 1.07. The van der Waals surface area contributed by atoms with E-state index in [1.54, 1.807) is 36.7 Å². The van der Waals surface area contributed by atoms with E-state index in [1.807, 2.05) is 31.3 Å². The van der Waals surface area contributed by atoms with Crippen LogP contribution in [0, 0.1) is 17.8 Å². The quantitative estimate of drug-likeness (QED) is 0.155. The number of aromatic nitrogens is 4. The molecule has 3 N–H and O–H groups in total. The SMILES string of the molecule is CN1CCN(S(=O)(=O)c2ccc(-c3cnc(Nc4ccc(C#Cc5cc(C(=O)CC6CC6)ccn5)cc4)nc3NC3CCC(O)CC3)nc2)CC1. The van der Waals surface area contributed by atoms with Gasteiger partial charge >= 0.3 is 0 Å². The number of sulfonamides is 1. The third-order valence-electron chi connectivity index (χ3n) is 9.67. The van der Waals surface area contributed by atoms with E-state index in [-0.39, 0.29) is 22.8 Å². The highest BCUT2D eigenvalue weighted by Crippen LogP contribution is 2.34. The highest BCUT2D eigenvalue weighted by Gasteiger charge is 2.28. The molecule has 51 heavy (non-hydrogen) atoms. The number of aliphatic hydroxyl groups is 1. The topological polar surface area (TPSA) is 154 Å². The van der Waals surface area contributed by atoms with Crippen molar-refractivity contribution in [2.24, 2.45) is 5.92 Å². The molecule has 3 fully saturated rings. The van der Waals surface area contributed by atoms with Gasteiger partial charge in [0, 0.05) is 74.0 Å². The largest absolute Gasteiger partial charge is 0.393 e. The van der Waals surface area contributed by atoms with E-state index in [1.165, 1.54) is 10.5 Å². The van der Waals surface area contributed by atoms with Gasteiger partial charge in [-0.15, -0.1) is 0 Å². The number of pyridine rings is 2. The van der Waals surface area contributed by atoms with Crippen molar-refractivity contribution in [3.63, 3.8) is 0 Å². The van der Waals surface area contributed by atoms with Crippen molar-refractivity contribution in [2.45, 2.75) is 62.0 Å². The van der Waals surface area contributed by atoms with Gasteiger partial charge in [-0.3, -0.25) is 9.78 Å². The molecule has 12 nitrogen and oxygen atoms in total. The van der Waals surface area contributed by atoms with E-state index in [0.717, 1.165) is 36.9 Å². The summed E-state index contributed by atoms with van der Waals surface area (Å²) in [4.78, 5) is 33.0. The third-order valence-corrected chi connectivity index (χ3v) is 11.5. The second kappa shape index (κ2) is 15.2. The van der Waals surface area contributed by atoms with Gasteiger partial charge in [0.15, 0.2) is 5.78 Å². The summed E-state index contributed by atoms with van der Waals surface area (Å²) in [5.74, 6) is 7.82. The highest BCUT2D eigenvalue weighted by atomic mass is 32.2. The molecule has 0 bridgehead atoms. The number of hydrogen-bond donors (Lipinski definition) is 3. The van der Waals surface area contributed by atoms with Gasteiger partial charge in [-0.2, -0.15) is 9.29 Å². The minimum atomic E-state index is -3.65. The van der Waals surface area contributed by atoms with E-state index in [2.05, 4.69) is 42.3 Å². The Hall–Kier alpha value is -4.74. The zero-order valence-corrected chi connectivity index (χ0v) is 29.4. The molecule has 0 radical (unpaired) electrons. The van der Waals surface area contributed by atoms with Crippen LogP contribution in [0.15, 0.2) is 72.0 Å². The molecule has 1 aromatic carbocycles. The van der Waals surface area contributed by atoms with E-state index in [0.29, 0.717) is 85.6 Å². The molecule has 0 amide bonds. The number of likely N-dealkylation sites (N-methyl/N-ethyl adjacent to an activating group) is 1. The Kier molecular flexibility index (Phi) is 10.4. The second-order valence-electron chi connectivity index (χ2n) is 13.6. The first kappa shape index (κ1) is 34.7. The molecule has 7 rings (SSSR count). The predicted octanol–water partition coefficient (Wildman–Crippen LogP) is 4.71. The summed E-state index contributed by atoms with van der Waals surface area (Å²) in [7, 11) is -1.67. The number of ketones is 1. The fraction of sp³-hybridized carbons (Fsp3) is 0.395. The summed E-state index contributed by atoms with van der Waals surface area (Å²) in [6.45, 7) is 2.26. The smallest absolute Gasteiger partial charge is 0.244 e. The maximum absolute atomic E-state index is 13.3. The molecule has 0 atom stereocenters. The summed E-state index contributed by atoms with van der Waals surface area (Å²) in [5.41, 5.74) is 3.96. The lowest BCUT2D eigenvalue weighted by molar-refractivity contribution is 0.0976. The van der Waals surface area contributed by atoms with Crippen LogP contribution in [-0.2, 0) is 10.0 Å². The van der Waals surface area contributed by atoms with Gasteiger partial charge in [0.05, 0.1) is 17.4 Å². The summed E-state index contributed by atoms with van der Waals surface area (Å²) in [6, 6.07) is 14.5. The second-order valence-corrected chi connectivity index (χ2v) is 15.6. The molecule has 4 aromatic rings. The number of nitrogens with one attached hydrogen (secondary N) is 2. The lowest BCUT2D eigenvalue weighted by Crippen LogP contribution is -2.47. The van der Waals surface area contributed by atoms with Gasteiger partial charge in [-0.05, 0) is 106 Å². The van der Waals surface area contributed by atoms with Gasteiger partial charge in [-0.25, -0.2) is 18.4 Å². The first-order valence-corrected chi connectivity index (χ1v) is 19.0. The Morgan fingerprint density at radius 2 is 1.67 bits per heavy atom. The number of carbonyl (C=O) groups excluding carboxylic acids is 1. The van der Waals surface area contributed by atoms with Crippen molar-refractivity contribution in [2.75, 3.05) is 43.9 Å². The number of hydrogen-bond acceptors (Lipinski definition) is 11. The van der Waals surface area contributed by atoms with Crippen LogP contribution in [0.5, 0.6) is 0 Å². The molecule has 1 saturated heterocycles. The van der Waals surface area contributed by atoms with Crippen LogP contribution in [0.2, 0.25) is 0 Å². The number of benzene rings is 1. The molecule has 3 aliphatic rings. The number of anilines is 3. The molecule has 13 heteroatoms. The van der Waals surface area contributed by atoms with Crippen molar-refractivity contribution in [1.29, 1.82) is 0 Å². The summed E-state index contributed by atoms with van der Waals surface area (Å²) < 4.78 is 28.1. The van der Waals surface area contributed by atoms with Crippen LogP contribution < -0.4 is 10.6 Å². The minimum absolute atomic E-state index is 0.108. The van der Waals surface area contributed by atoms with Gasteiger partial charge in [0.1, 0.15) is 16.4 Å². The number of carbonyl (C=O) groups is 1. The summed E-state index contributed by atoms with van der Waals surface area (Å²) in [6.07, 6.45) is 10.3. The van der Waals surface area contributed by atoms with Crippen LogP contribution in [0.1, 0.15) is 66.6 Å². The summed E-state index contributed by atoms with van der Waals surface area (Å²) >= 11 is 0. The van der Waals surface area contributed by atoms with Crippen LogP contribution in [-0.4, -0.2) is 93.8 Å². The number of rotatable bonds is 10. The monoisotopic (exact) mass is 706 g/mol. The van der Waals surface area contributed by atoms with Crippen molar-refractivity contribution < 1.29 is 18.3 Å². The van der Waals surface area contributed by atoms with Gasteiger partial charge in [0.25, 0.3) is 0 Å². The lowest BCUT2D eigenvalue weighted by Gasteiger charge is -2.31. The first-order chi connectivity index (χ1) is 24.7. The standard InChI is InChI=1S/C38H42N8O4S/c1-45-18-20-46(21-19-45)51(49,50)33-14-15-35(40-24-33)34-25-41-38(44-37(34)42-29-10-12-32(47)13-11-29)43-30-7-4-26(5-8-30)6-9-31-23-28(16-17-39-31)36(48)22-27-2-3-27/h4-5,7-8,14-17,23-25,27,29,32,47H,2-3,10-13,18-22H2,1H3,(H2,41,42,43,44). The molecule has 0 unspecified atom stereocenters. The molecule has 1 aliphatic heterocycles. The van der Waals surface area contributed by atoms with E-state index in [9.17, 15) is 18.3 Å². The zero-order chi connectivity index (χ0) is 35.4. The lowest BCUT2D eigenvalue weighted by atomic mass is 9.93. The molecule has 2 aliphatic carbocycles. The van der Waals surface area contributed by atoms with Crippen molar-refractivity contribution >= 4 is 33.3 Å². The highest BCUT2D eigenvalue weighted by molar-refractivity contribution is 7.89. The van der Waals surface area contributed by atoms with Crippen LogP contribution in [0.3, 0.4) is 0 Å². The van der Waals surface area contributed by atoms with Crippen LogP contribution >= 0.6 is 0 Å². The summed E-state index contributed by atoms with van der Waals surface area (Å²) in [5, 5.41) is 16.9. The fourth-order valence-corrected chi connectivity index (χ4v) is 7.67. The first-order valence-electron chi connectivity index (χ1n) is 17.5. The molecule has 4 heterocycles. The zero-order valence-electron chi connectivity index (χ0n) is 28.6. The molecular weight excluding hydrogens is 665 g/mol. The number of aliphatic hydroxyl groups excluding tert-OH is 1. The van der Waals surface area contributed by atoms with Crippen molar-refractivity contribution in [3.05, 3.63) is 83.9 Å². The molecule has 3 aromatic heterocycles. The van der Waals surface area contributed by atoms with Gasteiger partial charge in [0.2, 0.25) is 16.0 Å². The predicted molar refractivity (Wildman–Crippen MR) is 195 cm³/mol. The van der Waals surface area contributed by atoms with Gasteiger partial charge < -0.3 is 20.6 Å². The van der Waals surface area contributed by atoms with E-state index in [4.69, 9.17) is 4.98 Å². The van der Waals surface area contributed by atoms with Gasteiger partial charge in [-0.1, -0.05) is 5.92 Å². The Morgan fingerprint density at radius 3 is 2.37 bits per heavy atom. The molecule has 264 valence electrons. The fourth-order valence-electron chi connectivity index (χ4n) is 6.30. The molecule has 0 spiro atoms. The molecule has 2 saturated carbocycles.